The standard InChI is InChI=1S/C17H27N3O2S/c1-12(2)10-16-18-13(11-23-16)17(22)20-8-6-19(7-9-20)14-4-3-5-15(14)21/h11-12,14-15,21H,3-10H2,1-2H3/t14-,15-/m0/s1. The van der Waals surface area contributed by atoms with Gasteiger partial charge in [0.2, 0.25) is 0 Å². The summed E-state index contributed by atoms with van der Waals surface area (Å²) in [5.74, 6) is 0.619. The van der Waals surface area contributed by atoms with Crippen molar-refractivity contribution in [2.45, 2.75) is 51.7 Å². The lowest BCUT2D eigenvalue weighted by Gasteiger charge is -2.38. The second kappa shape index (κ2) is 7.28. The lowest BCUT2D eigenvalue weighted by atomic mass is 10.1. The summed E-state index contributed by atoms with van der Waals surface area (Å²) in [6, 6.07) is 0.296. The molecule has 0 bridgehead atoms. The van der Waals surface area contributed by atoms with Crippen molar-refractivity contribution in [3.8, 4) is 0 Å². The topological polar surface area (TPSA) is 56.7 Å². The highest BCUT2D eigenvalue weighted by atomic mass is 32.1. The van der Waals surface area contributed by atoms with Gasteiger partial charge in [0.25, 0.3) is 5.91 Å². The van der Waals surface area contributed by atoms with Gasteiger partial charge >= 0.3 is 0 Å². The van der Waals surface area contributed by atoms with Gasteiger partial charge in [-0.1, -0.05) is 13.8 Å². The van der Waals surface area contributed by atoms with E-state index in [1.807, 2.05) is 10.3 Å². The molecule has 1 aliphatic carbocycles. The molecule has 1 saturated heterocycles. The summed E-state index contributed by atoms with van der Waals surface area (Å²) in [5, 5.41) is 13.0. The zero-order chi connectivity index (χ0) is 16.4. The second-order valence-corrected chi connectivity index (χ2v) is 8.06. The van der Waals surface area contributed by atoms with Crippen LogP contribution in [0.4, 0.5) is 0 Å². The van der Waals surface area contributed by atoms with Crippen LogP contribution in [-0.4, -0.2) is 64.1 Å². The average Bonchev–Trinajstić information content (AvgIpc) is 3.15. The number of aliphatic hydroxyl groups excluding tert-OH is 1. The van der Waals surface area contributed by atoms with E-state index in [9.17, 15) is 9.90 Å². The Morgan fingerprint density at radius 1 is 1.35 bits per heavy atom. The van der Waals surface area contributed by atoms with Gasteiger partial charge in [-0.15, -0.1) is 11.3 Å². The summed E-state index contributed by atoms with van der Waals surface area (Å²) in [6.07, 6.45) is 3.86. The molecular weight excluding hydrogens is 310 g/mol. The van der Waals surface area contributed by atoms with E-state index in [0.29, 0.717) is 17.7 Å². The van der Waals surface area contributed by atoms with Gasteiger partial charge in [0, 0.05) is 44.0 Å². The predicted octanol–water partition coefficient (Wildman–Crippen LogP) is 2.01. The third-order valence-corrected chi connectivity index (χ3v) is 5.74. The fourth-order valence-corrected chi connectivity index (χ4v) is 4.60. The molecule has 0 spiro atoms. The maximum Gasteiger partial charge on any atom is 0.273 e. The van der Waals surface area contributed by atoms with Crippen LogP contribution in [-0.2, 0) is 6.42 Å². The van der Waals surface area contributed by atoms with Crippen molar-refractivity contribution >= 4 is 17.2 Å². The van der Waals surface area contributed by atoms with Gasteiger partial charge < -0.3 is 10.0 Å². The van der Waals surface area contributed by atoms with E-state index in [1.165, 1.54) is 0 Å². The minimum absolute atomic E-state index is 0.0582. The number of aliphatic hydroxyl groups is 1. The van der Waals surface area contributed by atoms with Gasteiger partial charge in [0.1, 0.15) is 5.69 Å². The first-order valence-electron chi connectivity index (χ1n) is 8.70. The number of amides is 1. The van der Waals surface area contributed by atoms with Crippen molar-refractivity contribution in [1.29, 1.82) is 0 Å². The molecule has 2 fully saturated rings. The van der Waals surface area contributed by atoms with Crippen molar-refractivity contribution in [3.63, 3.8) is 0 Å². The molecule has 23 heavy (non-hydrogen) atoms. The molecule has 2 aliphatic rings. The highest BCUT2D eigenvalue weighted by Gasteiger charge is 2.33. The molecule has 1 aliphatic heterocycles. The monoisotopic (exact) mass is 337 g/mol. The quantitative estimate of drug-likeness (QED) is 0.913. The summed E-state index contributed by atoms with van der Waals surface area (Å²) < 4.78 is 0. The predicted molar refractivity (Wildman–Crippen MR) is 91.8 cm³/mol. The highest BCUT2D eigenvalue weighted by Crippen LogP contribution is 2.25. The third kappa shape index (κ3) is 3.92. The van der Waals surface area contributed by atoms with Crippen molar-refractivity contribution in [2.75, 3.05) is 26.2 Å². The third-order valence-electron chi connectivity index (χ3n) is 4.87. The molecule has 1 saturated carbocycles. The summed E-state index contributed by atoms with van der Waals surface area (Å²) in [6.45, 7) is 7.52. The van der Waals surface area contributed by atoms with Crippen molar-refractivity contribution in [3.05, 3.63) is 16.1 Å². The summed E-state index contributed by atoms with van der Waals surface area (Å²) in [4.78, 5) is 21.4. The Bertz CT molecular complexity index is 538. The van der Waals surface area contributed by atoms with Crippen LogP contribution in [0.25, 0.3) is 0 Å². The Kier molecular flexibility index (Phi) is 5.34. The first-order valence-corrected chi connectivity index (χ1v) is 9.58. The fraction of sp³-hybridized carbons (Fsp3) is 0.765. The van der Waals surface area contributed by atoms with Crippen LogP contribution >= 0.6 is 11.3 Å². The van der Waals surface area contributed by atoms with Crippen LogP contribution in [0.1, 0.15) is 48.6 Å². The van der Waals surface area contributed by atoms with E-state index >= 15 is 0 Å². The van der Waals surface area contributed by atoms with Crippen LogP contribution in [0.15, 0.2) is 5.38 Å². The minimum atomic E-state index is -0.186. The van der Waals surface area contributed by atoms with E-state index in [0.717, 1.165) is 56.9 Å². The maximum absolute atomic E-state index is 12.6. The van der Waals surface area contributed by atoms with Crippen molar-refractivity contribution in [1.82, 2.24) is 14.8 Å². The van der Waals surface area contributed by atoms with Gasteiger partial charge in [-0.05, 0) is 25.2 Å². The number of hydrogen-bond donors (Lipinski definition) is 1. The van der Waals surface area contributed by atoms with Crippen LogP contribution < -0.4 is 0 Å². The summed E-state index contributed by atoms with van der Waals surface area (Å²) >= 11 is 1.59. The van der Waals surface area contributed by atoms with Gasteiger partial charge in [-0.2, -0.15) is 0 Å². The summed E-state index contributed by atoms with van der Waals surface area (Å²) in [7, 11) is 0. The molecule has 1 N–H and O–H groups in total. The molecule has 0 aromatic carbocycles. The Hall–Kier alpha value is -0.980. The molecule has 1 amide bonds. The fourth-order valence-electron chi connectivity index (χ4n) is 3.62. The second-order valence-electron chi connectivity index (χ2n) is 7.12. The van der Waals surface area contributed by atoms with E-state index in [-0.39, 0.29) is 12.0 Å². The Balaban J connectivity index is 1.54. The first-order chi connectivity index (χ1) is 11.0. The molecule has 6 heteroatoms. The molecule has 2 atom stereocenters. The molecule has 1 aromatic rings. The molecule has 1 aromatic heterocycles. The molecule has 2 heterocycles. The SMILES string of the molecule is CC(C)Cc1nc(C(=O)N2CCN([C@H]3CCC[C@@H]3O)CC2)cs1. The number of nitrogens with zero attached hydrogens (tertiary/aromatic N) is 3. The number of carbonyl (C=O) groups excluding carboxylic acids is 1. The van der Waals surface area contributed by atoms with Gasteiger partial charge in [-0.3, -0.25) is 9.69 Å². The van der Waals surface area contributed by atoms with Gasteiger partial charge in [0.15, 0.2) is 0 Å². The van der Waals surface area contributed by atoms with Gasteiger partial charge in [0.05, 0.1) is 11.1 Å². The molecule has 0 radical (unpaired) electrons. The smallest absolute Gasteiger partial charge is 0.273 e. The van der Waals surface area contributed by atoms with E-state index in [1.54, 1.807) is 11.3 Å². The normalized spacial score (nSPS) is 26.2. The average molecular weight is 337 g/mol. The number of piperazine rings is 1. The van der Waals surface area contributed by atoms with E-state index < -0.39 is 0 Å². The first kappa shape index (κ1) is 16.9. The lowest BCUT2D eigenvalue weighted by Crippen LogP contribution is -2.53. The van der Waals surface area contributed by atoms with Crippen LogP contribution in [0, 0.1) is 5.92 Å². The molecule has 0 unspecified atom stereocenters. The molecular formula is C17H27N3O2S. The zero-order valence-corrected chi connectivity index (χ0v) is 14.9. The lowest BCUT2D eigenvalue weighted by molar-refractivity contribution is 0.0313. The van der Waals surface area contributed by atoms with E-state index in [4.69, 9.17) is 0 Å². The Morgan fingerprint density at radius 3 is 2.70 bits per heavy atom. The summed E-state index contributed by atoms with van der Waals surface area (Å²) in [5.41, 5.74) is 0.597. The molecule has 5 nitrogen and oxygen atoms in total. The number of rotatable bonds is 4. The van der Waals surface area contributed by atoms with Crippen molar-refractivity contribution < 1.29 is 9.90 Å². The number of thiazole rings is 1. The minimum Gasteiger partial charge on any atom is -0.391 e. The Morgan fingerprint density at radius 2 is 2.09 bits per heavy atom. The van der Waals surface area contributed by atoms with E-state index in [2.05, 4.69) is 23.7 Å². The number of hydrogen-bond acceptors (Lipinski definition) is 5. The molecule has 3 rings (SSSR count). The van der Waals surface area contributed by atoms with Crippen LogP contribution in [0.5, 0.6) is 0 Å². The van der Waals surface area contributed by atoms with Crippen LogP contribution in [0.3, 0.4) is 0 Å². The van der Waals surface area contributed by atoms with Gasteiger partial charge in [-0.25, -0.2) is 4.98 Å². The highest BCUT2D eigenvalue weighted by molar-refractivity contribution is 7.09. The van der Waals surface area contributed by atoms with Crippen molar-refractivity contribution in [2.24, 2.45) is 5.92 Å². The zero-order valence-electron chi connectivity index (χ0n) is 14.1. The van der Waals surface area contributed by atoms with Crippen LogP contribution in [0.2, 0.25) is 0 Å². The number of carbonyl (C=O) groups is 1. The maximum atomic E-state index is 12.6. The Labute approximate surface area is 142 Å². The number of aromatic nitrogens is 1. The molecule has 128 valence electrons. The largest absolute Gasteiger partial charge is 0.391 e.